The van der Waals surface area contributed by atoms with Crippen LogP contribution in [-0.2, 0) is 14.3 Å². The monoisotopic (exact) mass is 700 g/mol. The van der Waals surface area contributed by atoms with Gasteiger partial charge < -0.3 is 34.4 Å². The van der Waals surface area contributed by atoms with Gasteiger partial charge in [0.05, 0.1) is 12.5 Å². The van der Waals surface area contributed by atoms with E-state index in [-0.39, 0.29) is 37.1 Å². The van der Waals surface area contributed by atoms with E-state index in [0.717, 1.165) is 44.6 Å². The summed E-state index contributed by atoms with van der Waals surface area (Å²) in [4.78, 5) is 47.0. The molecule has 0 spiro atoms. The molecule has 11 heteroatoms. The van der Waals surface area contributed by atoms with Crippen molar-refractivity contribution in [2.45, 2.75) is 128 Å². The first-order valence-corrected chi connectivity index (χ1v) is 19.2. The van der Waals surface area contributed by atoms with Crippen molar-refractivity contribution >= 4 is 18.1 Å². The number of ether oxygens (including phenoxy) is 2. The van der Waals surface area contributed by atoms with Crippen LogP contribution in [0.4, 0.5) is 9.59 Å². The van der Waals surface area contributed by atoms with Crippen LogP contribution in [-0.4, -0.2) is 131 Å². The van der Waals surface area contributed by atoms with E-state index in [4.69, 9.17) is 9.47 Å². The van der Waals surface area contributed by atoms with E-state index >= 15 is 0 Å². The van der Waals surface area contributed by atoms with Gasteiger partial charge in [0.25, 0.3) is 0 Å². The molecule has 3 fully saturated rings. The smallest absolute Gasteiger partial charge is 0.410 e. The van der Waals surface area contributed by atoms with E-state index in [1.807, 2.05) is 50.1 Å². The van der Waals surface area contributed by atoms with E-state index in [9.17, 15) is 24.6 Å². The highest BCUT2D eigenvalue weighted by atomic mass is 16.6. The zero-order valence-corrected chi connectivity index (χ0v) is 31.3. The maximum atomic E-state index is 13.5. The summed E-state index contributed by atoms with van der Waals surface area (Å²) in [6.45, 7) is 12.5. The molecule has 0 unspecified atom stereocenters. The van der Waals surface area contributed by atoms with E-state index in [2.05, 4.69) is 11.8 Å². The quantitative estimate of drug-likeness (QED) is 0.154. The second kappa shape index (κ2) is 19.1. The van der Waals surface area contributed by atoms with Gasteiger partial charge in [0.1, 0.15) is 11.7 Å². The predicted molar refractivity (Wildman–Crippen MR) is 194 cm³/mol. The fourth-order valence-corrected chi connectivity index (χ4v) is 7.74. The third-order valence-electron chi connectivity index (χ3n) is 11.0. The number of hydrogen-bond acceptors (Lipinski definition) is 8. The number of cyclic esters (lactones) is 1. The number of hydrogen-bond donors (Lipinski definition) is 2. The summed E-state index contributed by atoms with van der Waals surface area (Å²) in [7, 11) is 1.83. The number of amides is 3. The molecule has 1 saturated carbocycles. The van der Waals surface area contributed by atoms with Crippen LogP contribution in [0.25, 0.3) is 0 Å². The minimum absolute atomic E-state index is 0.0629. The summed E-state index contributed by atoms with van der Waals surface area (Å²) in [5, 5.41) is 22.2. The van der Waals surface area contributed by atoms with Gasteiger partial charge in [-0.25, -0.2) is 9.59 Å². The van der Waals surface area contributed by atoms with E-state index in [1.165, 1.54) is 38.5 Å². The average molecular weight is 701 g/mol. The number of nitrogens with zero attached hydrogens (tertiary/aromatic N) is 4. The highest BCUT2D eigenvalue weighted by Crippen LogP contribution is 2.28. The maximum Gasteiger partial charge on any atom is 0.410 e. The van der Waals surface area contributed by atoms with Crippen LogP contribution in [0.2, 0.25) is 0 Å². The number of rotatable bonds is 7. The van der Waals surface area contributed by atoms with Crippen molar-refractivity contribution in [2.24, 2.45) is 11.8 Å². The number of carbonyl (C=O) groups excluding carboxylic acids is 3. The van der Waals surface area contributed by atoms with Gasteiger partial charge in [-0.2, -0.15) is 0 Å². The molecule has 50 heavy (non-hydrogen) atoms. The molecule has 0 radical (unpaired) electrons. The SMILES string of the molecule is C/C(=C\C=C\[C@@H](C)CN(C)C(=O)N1CCCC1)[C@H]1OC(=O)C[C@@H](O)CC[C@](C)(O)[C@H](OC(=O)N2CCN(C3CCCCCC3)CC2)/C=C/[C@@H]1C. The Morgan fingerprint density at radius 1 is 1.02 bits per heavy atom. The molecule has 3 heterocycles. The lowest BCUT2D eigenvalue weighted by Gasteiger charge is -2.40. The van der Waals surface area contributed by atoms with Crippen LogP contribution in [0.3, 0.4) is 0 Å². The molecule has 4 aliphatic rings. The van der Waals surface area contributed by atoms with Gasteiger partial charge in [0, 0.05) is 64.8 Å². The second-order valence-electron chi connectivity index (χ2n) is 15.5. The van der Waals surface area contributed by atoms with E-state index < -0.39 is 36.0 Å². The standard InChI is InChI=1S/C39H64N4O7/c1-29(28-40(5)37(46)42-21-10-11-22-42)13-12-14-30(2)36-31(3)17-18-34(39(4,48)20-19-33(44)27-35(45)50-36)49-38(47)43-25-23-41(24-26-43)32-15-8-6-7-9-16-32/h12-14,17-18,29,31-34,36,44,48H,6-11,15-16,19-28H2,1-5H3/b13-12+,18-17+,30-14+/t29-,31+,33+,34-,36-,39+/m1/s1. The highest BCUT2D eigenvalue weighted by molar-refractivity contribution is 5.74. The summed E-state index contributed by atoms with van der Waals surface area (Å²) < 4.78 is 11.9. The maximum absolute atomic E-state index is 13.5. The molecule has 3 aliphatic heterocycles. The zero-order valence-electron chi connectivity index (χ0n) is 31.3. The van der Waals surface area contributed by atoms with Crippen molar-refractivity contribution in [1.82, 2.24) is 19.6 Å². The first kappa shape index (κ1) is 39.9. The fraction of sp³-hybridized carbons (Fsp3) is 0.769. The number of esters is 1. The predicted octanol–water partition coefficient (Wildman–Crippen LogP) is 5.52. The molecule has 282 valence electrons. The number of piperazine rings is 1. The number of allylic oxidation sites excluding steroid dienone is 2. The van der Waals surface area contributed by atoms with Crippen molar-refractivity contribution in [3.8, 4) is 0 Å². The van der Waals surface area contributed by atoms with Crippen LogP contribution in [0.5, 0.6) is 0 Å². The van der Waals surface area contributed by atoms with Crippen molar-refractivity contribution in [3.05, 3.63) is 36.0 Å². The highest BCUT2D eigenvalue weighted by Gasteiger charge is 2.37. The lowest BCUT2D eigenvalue weighted by Crippen LogP contribution is -2.53. The molecule has 2 N–H and O–H groups in total. The summed E-state index contributed by atoms with van der Waals surface area (Å²) in [6, 6.07) is 0.655. The lowest BCUT2D eigenvalue weighted by atomic mass is 9.89. The molecular weight excluding hydrogens is 636 g/mol. The number of urea groups is 1. The van der Waals surface area contributed by atoms with Gasteiger partial charge in [-0.1, -0.05) is 63.8 Å². The van der Waals surface area contributed by atoms with Crippen LogP contribution in [0, 0.1) is 11.8 Å². The van der Waals surface area contributed by atoms with Crippen molar-refractivity contribution in [3.63, 3.8) is 0 Å². The summed E-state index contributed by atoms with van der Waals surface area (Å²) >= 11 is 0. The minimum atomic E-state index is -1.46. The first-order chi connectivity index (χ1) is 23.8. The third kappa shape index (κ3) is 11.8. The van der Waals surface area contributed by atoms with E-state index in [0.29, 0.717) is 25.7 Å². The Balaban J connectivity index is 1.41. The Labute approximate surface area is 300 Å². The minimum Gasteiger partial charge on any atom is -0.457 e. The number of aliphatic hydroxyl groups is 2. The van der Waals surface area contributed by atoms with Crippen molar-refractivity contribution in [1.29, 1.82) is 0 Å². The molecule has 0 bridgehead atoms. The first-order valence-electron chi connectivity index (χ1n) is 19.2. The Morgan fingerprint density at radius 3 is 2.34 bits per heavy atom. The molecule has 1 aliphatic carbocycles. The van der Waals surface area contributed by atoms with Crippen LogP contribution < -0.4 is 0 Å². The average Bonchev–Trinajstić information content (AvgIpc) is 3.49. The molecule has 0 aromatic heterocycles. The second-order valence-corrected chi connectivity index (χ2v) is 15.5. The number of carbonyl (C=O) groups is 3. The molecule has 4 rings (SSSR count). The molecule has 11 nitrogen and oxygen atoms in total. The Morgan fingerprint density at radius 2 is 1.68 bits per heavy atom. The van der Waals surface area contributed by atoms with Crippen LogP contribution in [0.15, 0.2) is 36.0 Å². The lowest BCUT2D eigenvalue weighted by molar-refractivity contribution is -0.151. The largest absolute Gasteiger partial charge is 0.457 e. The van der Waals surface area contributed by atoms with Gasteiger partial charge in [-0.3, -0.25) is 9.69 Å². The van der Waals surface area contributed by atoms with E-state index in [1.54, 1.807) is 22.8 Å². The Kier molecular flexibility index (Phi) is 15.2. The third-order valence-corrected chi connectivity index (χ3v) is 11.0. The van der Waals surface area contributed by atoms with Gasteiger partial charge >= 0.3 is 18.1 Å². The fourth-order valence-electron chi connectivity index (χ4n) is 7.74. The molecular formula is C39H64N4O7. The molecule has 6 atom stereocenters. The van der Waals surface area contributed by atoms with Crippen LogP contribution >= 0.6 is 0 Å². The number of aliphatic hydroxyl groups excluding tert-OH is 1. The van der Waals surface area contributed by atoms with Gasteiger partial charge in [-0.05, 0) is 69.9 Å². The summed E-state index contributed by atoms with van der Waals surface area (Å²) in [5.74, 6) is -0.720. The topological polar surface area (TPSA) is 123 Å². The molecule has 0 aromatic rings. The Bertz CT molecular complexity index is 1200. The molecule has 2 saturated heterocycles. The normalized spacial score (nSPS) is 31.3. The van der Waals surface area contributed by atoms with Gasteiger partial charge in [-0.15, -0.1) is 0 Å². The van der Waals surface area contributed by atoms with Crippen molar-refractivity contribution < 1.29 is 34.1 Å². The van der Waals surface area contributed by atoms with Gasteiger partial charge in [0.2, 0.25) is 0 Å². The summed E-state index contributed by atoms with van der Waals surface area (Å²) in [6.07, 6.45) is 16.2. The zero-order chi connectivity index (χ0) is 36.3. The summed E-state index contributed by atoms with van der Waals surface area (Å²) in [5.41, 5.74) is -0.653. The Hall–Kier alpha value is -2.89. The molecule has 3 amide bonds. The number of likely N-dealkylation sites (tertiary alicyclic amines) is 1. The van der Waals surface area contributed by atoms with Crippen LogP contribution in [0.1, 0.15) is 98.3 Å². The molecule has 0 aromatic carbocycles. The van der Waals surface area contributed by atoms with Crippen molar-refractivity contribution in [2.75, 3.05) is 52.9 Å². The van der Waals surface area contributed by atoms with Gasteiger partial charge in [0.15, 0.2) is 6.10 Å².